The van der Waals surface area contributed by atoms with Gasteiger partial charge in [0.2, 0.25) is 0 Å². The highest BCUT2D eigenvalue weighted by Gasteiger charge is 1.94. The third kappa shape index (κ3) is 5.56. The van der Waals surface area contributed by atoms with Crippen LogP contribution in [0.15, 0.2) is 0 Å². The standard InChI is InChI=1S/C7H15NO2/c1-7(2)3-4-8(10)5-6-9/h4,7,9H,3,5-6H2,1-2H3/b8-4-. The molecule has 0 aliphatic rings. The van der Waals surface area contributed by atoms with E-state index < -0.39 is 0 Å². The number of nitrogens with zero attached hydrogens (tertiary/aromatic N) is 1. The van der Waals surface area contributed by atoms with Gasteiger partial charge >= 0.3 is 0 Å². The number of aliphatic hydroxyl groups excluding tert-OH is 1. The minimum atomic E-state index is -0.0713. The second kappa shape index (κ2) is 5.23. The quantitative estimate of drug-likeness (QED) is 0.272. The van der Waals surface area contributed by atoms with E-state index in [-0.39, 0.29) is 13.2 Å². The van der Waals surface area contributed by atoms with E-state index in [0.29, 0.717) is 5.92 Å². The lowest BCUT2D eigenvalue weighted by Gasteiger charge is -2.02. The van der Waals surface area contributed by atoms with Crippen molar-refractivity contribution in [3.63, 3.8) is 0 Å². The molecule has 0 aliphatic heterocycles. The summed E-state index contributed by atoms with van der Waals surface area (Å²) in [5.74, 6) is 0.509. The molecular formula is C7H15NO2. The van der Waals surface area contributed by atoms with Crippen molar-refractivity contribution in [2.75, 3.05) is 13.2 Å². The SMILES string of the molecule is CC(C)C/C=[N+](\[O-])CCO. The highest BCUT2D eigenvalue weighted by atomic mass is 16.5. The Hall–Kier alpha value is -0.570. The Bertz CT molecular complexity index is 110. The molecule has 0 saturated heterocycles. The fourth-order valence-electron chi connectivity index (χ4n) is 0.518. The summed E-state index contributed by atoms with van der Waals surface area (Å²) in [7, 11) is 0. The van der Waals surface area contributed by atoms with Crippen LogP contribution in [0, 0.1) is 11.1 Å². The topological polar surface area (TPSA) is 46.3 Å². The molecule has 0 radical (unpaired) electrons. The van der Waals surface area contributed by atoms with Gasteiger partial charge in [0, 0.05) is 6.42 Å². The van der Waals surface area contributed by atoms with Gasteiger partial charge in [0.15, 0.2) is 12.8 Å². The van der Waals surface area contributed by atoms with Crippen molar-refractivity contribution >= 4 is 6.21 Å². The van der Waals surface area contributed by atoms with Crippen LogP contribution in [0.4, 0.5) is 0 Å². The third-order valence-corrected chi connectivity index (χ3v) is 1.10. The largest absolute Gasteiger partial charge is 0.624 e. The second-order valence-electron chi connectivity index (χ2n) is 2.68. The molecule has 0 heterocycles. The van der Waals surface area contributed by atoms with Crippen LogP contribution in [0.25, 0.3) is 0 Å². The van der Waals surface area contributed by atoms with E-state index in [4.69, 9.17) is 5.11 Å². The summed E-state index contributed by atoms with van der Waals surface area (Å²) in [5, 5.41) is 19.0. The first-order chi connectivity index (χ1) is 4.66. The van der Waals surface area contributed by atoms with Crippen molar-refractivity contribution in [1.29, 1.82) is 0 Å². The molecule has 0 spiro atoms. The average molecular weight is 145 g/mol. The van der Waals surface area contributed by atoms with Crippen molar-refractivity contribution in [2.45, 2.75) is 20.3 Å². The Labute approximate surface area is 61.6 Å². The molecule has 0 aliphatic carbocycles. The highest BCUT2D eigenvalue weighted by molar-refractivity contribution is 5.51. The fourth-order valence-corrected chi connectivity index (χ4v) is 0.518. The van der Waals surface area contributed by atoms with Crippen LogP contribution in [0.2, 0.25) is 0 Å². The summed E-state index contributed by atoms with van der Waals surface area (Å²) in [6, 6.07) is 0. The predicted molar refractivity (Wildman–Crippen MR) is 41.1 cm³/mol. The summed E-state index contributed by atoms with van der Waals surface area (Å²) in [6.07, 6.45) is 2.35. The zero-order valence-corrected chi connectivity index (χ0v) is 6.58. The first-order valence-electron chi connectivity index (χ1n) is 3.54. The lowest BCUT2D eigenvalue weighted by Crippen LogP contribution is -2.11. The molecule has 0 aromatic heterocycles. The molecule has 0 unspecified atom stereocenters. The molecule has 3 heteroatoms. The molecule has 0 saturated carbocycles. The van der Waals surface area contributed by atoms with Crippen molar-refractivity contribution in [3.05, 3.63) is 5.21 Å². The van der Waals surface area contributed by atoms with Crippen LogP contribution in [0.5, 0.6) is 0 Å². The number of hydrogen-bond donors (Lipinski definition) is 1. The Morgan fingerprint density at radius 1 is 1.60 bits per heavy atom. The Balaban J connectivity index is 3.47. The van der Waals surface area contributed by atoms with E-state index in [1.807, 2.05) is 13.8 Å². The molecule has 3 nitrogen and oxygen atoms in total. The predicted octanol–water partition coefficient (Wildman–Crippen LogP) is 0.606. The molecule has 0 aromatic carbocycles. The summed E-state index contributed by atoms with van der Waals surface area (Å²) in [4.78, 5) is 0. The van der Waals surface area contributed by atoms with E-state index >= 15 is 0 Å². The molecule has 0 bridgehead atoms. The molecule has 0 amide bonds. The van der Waals surface area contributed by atoms with Gasteiger partial charge < -0.3 is 10.3 Å². The van der Waals surface area contributed by atoms with Crippen molar-refractivity contribution in [1.82, 2.24) is 0 Å². The minimum Gasteiger partial charge on any atom is -0.624 e. The summed E-state index contributed by atoms with van der Waals surface area (Å²) in [5.41, 5.74) is 0. The molecule has 60 valence electrons. The van der Waals surface area contributed by atoms with Gasteiger partial charge in [-0.15, -0.1) is 0 Å². The van der Waals surface area contributed by atoms with E-state index in [1.165, 1.54) is 0 Å². The third-order valence-electron chi connectivity index (χ3n) is 1.10. The lowest BCUT2D eigenvalue weighted by atomic mass is 10.2. The maximum Gasteiger partial charge on any atom is 0.175 e. The van der Waals surface area contributed by atoms with Crippen LogP contribution >= 0.6 is 0 Å². The van der Waals surface area contributed by atoms with Crippen molar-refractivity contribution in [2.24, 2.45) is 5.92 Å². The maximum atomic E-state index is 10.6. The molecule has 0 aromatic rings. The minimum absolute atomic E-state index is 0.0713. The lowest BCUT2D eigenvalue weighted by molar-refractivity contribution is -0.457. The molecule has 0 fully saturated rings. The van der Waals surface area contributed by atoms with Crippen molar-refractivity contribution in [3.8, 4) is 0 Å². The van der Waals surface area contributed by atoms with Crippen LogP contribution in [0.3, 0.4) is 0 Å². The molecular weight excluding hydrogens is 130 g/mol. The van der Waals surface area contributed by atoms with Crippen molar-refractivity contribution < 1.29 is 9.85 Å². The Morgan fingerprint density at radius 3 is 2.60 bits per heavy atom. The van der Waals surface area contributed by atoms with Gasteiger partial charge in [-0.05, 0) is 5.92 Å². The van der Waals surface area contributed by atoms with Crippen LogP contribution < -0.4 is 0 Å². The van der Waals surface area contributed by atoms with E-state index in [9.17, 15) is 5.21 Å². The number of aliphatic hydroxyl groups is 1. The molecule has 1 N–H and O–H groups in total. The maximum absolute atomic E-state index is 10.6. The highest BCUT2D eigenvalue weighted by Crippen LogP contribution is 1.94. The Kier molecular flexibility index (Phi) is 4.94. The van der Waals surface area contributed by atoms with E-state index in [2.05, 4.69) is 0 Å². The smallest absolute Gasteiger partial charge is 0.175 e. The van der Waals surface area contributed by atoms with Gasteiger partial charge in [-0.25, -0.2) is 4.74 Å². The van der Waals surface area contributed by atoms with Gasteiger partial charge in [-0.2, -0.15) is 0 Å². The molecule has 0 rings (SSSR count). The van der Waals surface area contributed by atoms with E-state index in [0.717, 1.165) is 11.2 Å². The Morgan fingerprint density at radius 2 is 2.20 bits per heavy atom. The normalized spacial score (nSPS) is 12.6. The summed E-state index contributed by atoms with van der Waals surface area (Å²) >= 11 is 0. The molecule has 0 atom stereocenters. The van der Waals surface area contributed by atoms with Gasteiger partial charge in [0.1, 0.15) is 6.61 Å². The van der Waals surface area contributed by atoms with Crippen LogP contribution in [-0.4, -0.2) is 29.2 Å². The van der Waals surface area contributed by atoms with Crippen LogP contribution in [0.1, 0.15) is 20.3 Å². The van der Waals surface area contributed by atoms with Gasteiger partial charge in [-0.3, -0.25) is 0 Å². The summed E-state index contributed by atoms with van der Waals surface area (Å²) < 4.78 is 0.778. The molecule has 10 heavy (non-hydrogen) atoms. The average Bonchev–Trinajstić information content (AvgIpc) is 1.85. The zero-order valence-electron chi connectivity index (χ0n) is 6.58. The van der Waals surface area contributed by atoms with Crippen LogP contribution in [-0.2, 0) is 0 Å². The summed E-state index contributed by atoms with van der Waals surface area (Å²) in [6.45, 7) is 4.21. The fraction of sp³-hybridized carbons (Fsp3) is 0.857. The first kappa shape index (κ1) is 9.43. The number of rotatable bonds is 4. The monoisotopic (exact) mass is 145 g/mol. The zero-order chi connectivity index (χ0) is 7.98. The first-order valence-corrected chi connectivity index (χ1v) is 3.54. The van der Waals surface area contributed by atoms with Gasteiger partial charge in [-0.1, -0.05) is 13.8 Å². The van der Waals surface area contributed by atoms with Gasteiger partial charge in [0.05, 0.1) is 0 Å². The number of hydroxylamine groups is 1. The number of hydrogen-bond acceptors (Lipinski definition) is 2. The second-order valence-corrected chi connectivity index (χ2v) is 2.68. The van der Waals surface area contributed by atoms with E-state index in [1.54, 1.807) is 6.21 Å². The van der Waals surface area contributed by atoms with Gasteiger partial charge in [0.25, 0.3) is 0 Å².